The van der Waals surface area contributed by atoms with Crippen molar-refractivity contribution in [2.75, 3.05) is 23.7 Å². The number of rotatable bonds is 12. The van der Waals surface area contributed by atoms with Crippen molar-refractivity contribution in [3.8, 4) is 0 Å². The molecule has 226 valence electrons. The van der Waals surface area contributed by atoms with Crippen LogP contribution in [-0.2, 0) is 32.6 Å². The molecule has 0 aromatic heterocycles. The molecule has 10 heteroatoms. The topological polar surface area (TPSA) is 86.8 Å². The molecule has 0 bridgehead atoms. The number of hydrogen-bond donors (Lipinski definition) is 1. The number of nitrogens with zero attached hydrogens (tertiary/aromatic N) is 2. The van der Waals surface area contributed by atoms with Gasteiger partial charge in [0.05, 0.1) is 11.9 Å². The van der Waals surface area contributed by atoms with Crippen LogP contribution >= 0.6 is 23.2 Å². The highest BCUT2D eigenvalue weighted by Crippen LogP contribution is 2.30. The Balaban J connectivity index is 1.81. The second kappa shape index (κ2) is 14.3. The molecule has 2 amide bonds. The SMILES string of the molecule is CC(C)CNC(=O)[C@H](Cc1ccccc1)N(Cc1c(Cl)cccc1Cl)C(=O)CN(c1cccc2ccccc12)S(C)(=O)=O. The van der Waals surface area contributed by atoms with Crippen LogP contribution < -0.4 is 9.62 Å². The van der Waals surface area contributed by atoms with E-state index in [0.29, 0.717) is 33.2 Å². The number of nitrogens with one attached hydrogen (secondary N) is 1. The molecule has 0 unspecified atom stereocenters. The summed E-state index contributed by atoms with van der Waals surface area (Å²) in [6.45, 7) is 3.74. The maximum atomic E-state index is 14.4. The Labute approximate surface area is 263 Å². The Kier molecular flexibility index (Phi) is 10.7. The van der Waals surface area contributed by atoms with E-state index >= 15 is 0 Å². The zero-order chi connectivity index (χ0) is 31.1. The number of carbonyl (C=O) groups is 2. The third-order valence-corrected chi connectivity index (χ3v) is 8.89. The van der Waals surface area contributed by atoms with Gasteiger partial charge in [-0.15, -0.1) is 0 Å². The van der Waals surface area contributed by atoms with Crippen molar-refractivity contribution >= 4 is 61.5 Å². The average Bonchev–Trinajstić information content (AvgIpc) is 2.97. The summed E-state index contributed by atoms with van der Waals surface area (Å²) in [7, 11) is -3.92. The zero-order valence-corrected chi connectivity index (χ0v) is 26.7. The first kappa shape index (κ1) is 32.3. The minimum atomic E-state index is -3.92. The van der Waals surface area contributed by atoms with Gasteiger partial charge in [-0.05, 0) is 35.1 Å². The number of anilines is 1. The van der Waals surface area contributed by atoms with Gasteiger partial charge in [0.1, 0.15) is 12.6 Å². The lowest BCUT2D eigenvalue weighted by Crippen LogP contribution is -2.53. The van der Waals surface area contributed by atoms with E-state index in [0.717, 1.165) is 21.5 Å². The van der Waals surface area contributed by atoms with Crippen LogP contribution in [0.5, 0.6) is 0 Å². The molecule has 0 saturated carbocycles. The number of benzene rings is 4. The molecule has 0 saturated heterocycles. The summed E-state index contributed by atoms with van der Waals surface area (Å²) in [5.74, 6) is -0.754. The van der Waals surface area contributed by atoms with E-state index < -0.39 is 28.5 Å². The van der Waals surface area contributed by atoms with E-state index in [1.165, 1.54) is 4.90 Å². The molecule has 4 aromatic carbocycles. The third-order valence-electron chi connectivity index (χ3n) is 7.06. The van der Waals surface area contributed by atoms with E-state index in [4.69, 9.17) is 23.2 Å². The predicted molar refractivity (Wildman–Crippen MR) is 175 cm³/mol. The summed E-state index contributed by atoms with van der Waals surface area (Å²) in [5.41, 5.74) is 1.67. The fraction of sp³-hybridized carbons (Fsp3) is 0.273. The first-order chi connectivity index (χ1) is 20.5. The Morgan fingerprint density at radius 2 is 1.44 bits per heavy atom. The van der Waals surface area contributed by atoms with Crippen molar-refractivity contribution < 1.29 is 18.0 Å². The molecule has 0 aliphatic rings. The number of carbonyl (C=O) groups excluding carboxylic acids is 2. The van der Waals surface area contributed by atoms with Crippen LogP contribution in [0.4, 0.5) is 5.69 Å². The van der Waals surface area contributed by atoms with Crippen molar-refractivity contribution in [2.45, 2.75) is 32.9 Å². The second-order valence-electron chi connectivity index (χ2n) is 10.8. The summed E-state index contributed by atoms with van der Waals surface area (Å²) < 4.78 is 27.5. The normalized spacial score (nSPS) is 12.2. The molecule has 0 radical (unpaired) electrons. The lowest BCUT2D eigenvalue weighted by molar-refractivity contribution is -0.140. The third kappa shape index (κ3) is 8.28. The summed E-state index contributed by atoms with van der Waals surface area (Å²) in [6, 6.07) is 26.1. The molecule has 4 rings (SSSR count). The average molecular weight is 641 g/mol. The highest BCUT2D eigenvalue weighted by atomic mass is 35.5. The van der Waals surface area contributed by atoms with E-state index in [9.17, 15) is 18.0 Å². The Bertz CT molecular complexity index is 1670. The Morgan fingerprint density at radius 3 is 2.09 bits per heavy atom. The molecule has 1 atom stereocenters. The van der Waals surface area contributed by atoms with Gasteiger partial charge in [0.25, 0.3) is 0 Å². The van der Waals surface area contributed by atoms with Gasteiger partial charge in [0.2, 0.25) is 21.8 Å². The summed E-state index contributed by atoms with van der Waals surface area (Å²) in [5, 5.41) is 5.14. The molecule has 0 heterocycles. The van der Waals surface area contributed by atoms with Crippen LogP contribution in [0.25, 0.3) is 10.8 Å². The number of hydrogen-bond acceptors (Lipinski definition) is 4. The number of sulfonamides is 1. The highest BCUT2D eigenvalue weighted by Gasteiger charge is 2.34. The molecular formula is C33H35Cl2N3O4S. The summed E-state index contributed by atoms with van der Waals surface area (Å²) in [6.07, 6.45) is 1.26. The number of amides is 2. The molecule has 0 fully saturated rings. The van der Waals surface area contributed by atoms with Crippen molar-refractivity contribution in [3.63, 3.8) is 0 Å². The Hall–Kier alpha value is -3.59. The standard InChI is InChI=1S/C33H35Cl2N3O4S/c1-23(2)20-36-33(40)31(19-24-11-5-4-6-12-24)37(21-27-28(34)16-10-17-29(27)35)32(39)22-38(43(3,41)42)30-18-9-14-25-13-7-8-15-26(25)30/h4-18,23,31H,19-22H2,1-3H3,(H,36,40)/t31-/m0/s1. The van der Waals surface area contributed by atoms with Gasteiger partial charge >= 0.3 is 0 Å². The van der Waals surface area contributed by atoms with Crippen LogP contribution in [0, 0.1) is 5.92 Å². The van der Waals surface area contributed by atoms with Crippen molar-refractivity contribution in [2.24, 2.45) is 5.92 Å². The van der Waals surface area contributed by atoms with Crippen molar-refractivity contribution in [1.82, 2.24) is 10.2 Å². The van der Waals surface area contributed by atoms with Crippen LogP contribution in [0.2, 0.25) is 10.0 Å². The first-order valence-corrected chi connectivity index (χ1v) is 16.6. The van der Waals surface area contributed by atoms with Gasteiger partial charge in [-0.2, -0.15) is 0 Å². The van der Waals surface area contributed by atoms with E-state index in [-0.39, 0.29) is 24.8 Å². The minimum Gasteiger partial charge on any atom is -0.354 e. The highest BCUT2D eigenvalue weighted by molar-refractivity contribution is 7.92. The van der Waals surface area contributed by atoms with Crippen LogP contribution in [0.3, 0.4) is 0 Å². The molecular weight excluding hydrogens is 605 g/mol. The second-order valence-corrected chi connectivity index (χ2v) is 13.6. The maximum Gasteiger partial charge on any atom is 0.244 e. The van der Waals surface area contributed by atoms with Crippen LogP contribution in [0.15, 0.2) is 91.0 Å². The molecule has 0 aliphatic heterocycles. The summed E-state index contributed by atoms with van der Waals surface area (Å²) in [4.78, 5) is 29.5. The smallest absolute Gasteiger partial charge is 0.244 e. The van der Waals surface area contributed by atoms with Gasteiger partial charge in [-0.25, -0.2) is 8.42 Å². The quantitative estimate of drug-likeness (QED) is 0.196. The monoisotopic (exact) mass is 639 g/mol. The van der Waals surface area contributed by atoms with Crippen molar-refractivity contribution in [3.05, 3.63) is 112 Å². The lowest BCUT2D eigenvalue weighted by Gasteiger charge is -2.34. The number of halogens is 2. The summed E-state index contributed by atoms with van der Waals surface area (Å²) >= 11 is 13.1. The van der Waals surface area contributed by atoms with E-state index in [2.05, 4.69) is 5.32 Å². The van der Waals surface area contributed by atoms with Crippen LogP contribution in [0.1, 0.15) is 25.0 Å². The van der Waals surface area contributed by atoms with Crippen LogP contribution in [-0.4, -0.2) is 50.5 Å². The molecule has 1 N–H and O–H groups in total. The van der Waals surface area contributed by atoms with Gasteiger partial charge in [0.15, 0.2) is 0 Å². The molecule has 43 heavy (non-hydrogen) atoms. The fourth-order valence-corrected chi connectivity index (χ4v) is 6.23. The van der Waals surface area contributed by atoms with Gasteiger partial charge in [-0.3, -0.25) is 13.9 Å². The fourth-order valence-electron chi connectivity index (χ4n) is 4.85. The van der Waals surface area contributed by atoms with Crippen molar-refractivity contribution in [1.29, 1.82) is 0 Å². The molecule has 0 aliphatic carbocycles. The predicted octanol–water partition coefficient (Wildman–Crippen LogP) is 6.32. The maximum absolute atomic E-state index is 14.4. The van der Waals surface area contributed by atoms with Gasteiger partial charge in [-0.1, -0.05) is 110 Å². The first-order valence-electron chi connectivity index (χ1n) is 13.9. The Morgan fingerprint density at radius 1 is 0.837 bits per heavy atom. The van der Waals surface area contributed by atoms with E-state index in [1.54, 1.807) is 30.3 Å². The molecule has 0 spiro atoms. The zero-order valence-electron chi connectivity index (χ0n) is 24.3. The molecule has 4 aromatic rings. The molecule has 7 nitrogen and oxygen atoms in total. The van der Waals surface area contributed by atoms with E-state index in [1.807, 2.05) is 74.5 Å². The minimum absolute atomic E-state index is 0.100. The largest absolute Gasteiger partial charge is 0.354 e. The number of fused-ring (bicyclic) bond motifs is 1. The lowest BCUT2D eigenvalue weighted by atomic mass is 10.0. The van der Waals surface area contributed by atoms with Gasteiger partial charge < -0.3 is 10.2 Å². The van der Waals surface area contributed by atoms with Gasteiger partial charge in [0, 0.05) is 40.5 Å².